The highest BCUT2D eigenvalue weighted by molar-refractivity contribution is 6.31. The number of urea groups is 1. The second-order valence-electron chi connectivity index (χ2n) is 6.32. The van der Waals surface area contributed by atoms with E-state index in [4.69, 9.17) is 11.6 Å². The first-order chi connectivity index (χ1) is 11.5. The van der Waals surface area contributed by atoms with Gasteiger partial charge in [-0.25, -0.2) is 9.48 Å². The smallest absolute Gasteiger partial charge is 0.315 e. The third-order valence-corrected chi connectivity index (χ3v) is 5.06. The molecular weight excluding hydrogens is 328 g/mol. The Bertz CT molecular complexity index is 727. The number of tetrazole rings is 1. The average molecular weight is 349 g/mol. The molecule has 1 heterocycles. The number of nitrogens with zero attached hydrogens (tertiary/aromatic N) is 4. The van der Waals surface area contributed by atoms with Gasteiger partial charge in [0, 0.05) is 24.0 Å². The quantitative estimate of drug-likeness (QED) is 0.868. The predicted octanol–water partition coefficient (Wildman–Crippen LogP) is 2.35. The summed E-state index contributed by atoms with van der Waals surface area (Å²) in [5.41, 5.74) is 1.05. The number of nitrogens with one attached hydrogen (secondary N) is 2. The van der Waals surface area contributed by atoms with Crippen molar-refractivity contribution in [2.24, 2.45) is 7.05 Å². The number of amides is 2. The molecule has 3 rings (SSSR count). The van der Waals surface area contributed by atoms with Crippen LogP contribution in [0.2, 0.25) is 5.02 Å². The summed E-state index contributed by atoms with van der Waals surface area (Å²) in [5, 5.41) is 17.9. The lowest BCUT2D eigenvalue weighted by atomic mass is 9.64. The lowest BCUT2D eigenvalue weighted by Crippen LogP contribution is -2.48. The van der Waals surface area contributed by atoms with Crippen LogP contribution in [0, 0.1) is 0 Å². The molecule has 0 spiro atoms. The van der Waals surface area contributed by atoms with Gasteiger partial charge in [0.15, 0.2) is 5.82 Å². The molecule has 1 aromatic carbocycles. The number of halogens is 1. The molecule has 0 saturated heterocycles. The van der Waals surface area contributed by atoms with E-state index in [9.17, 15) is 4.79 Å². The fraction of sp³-hybridized carbons (Fsp3) is 0.500. The number of aromatic nitrogens is 4. The third-order valence-electron chi connectivity index (χ3n) is 4.73. The first-order valence-electron chi connectivity index (χ1n) is 8.03. The third kappa shape index (κ3) is 3.21. The van der Waals surface area contributed by atoms with E-state index in [-0.39, 0.29) is 17.5 Å². The second-order valence-corrected chi connectivity index (χ2v) is 6.73. The van der Waals surface area contributed by atoms with Gasteiger partial charge in [0.05, 0.1) is 6.04 Å². The Labute approximate surface area is 145 Å². The van der Waals surface area contributed by atoms with Gasteiger partial charge in [-0.3, -0.25) is 0 Å². The van der Waals surface area contributed by atoms with Gasteiger partial charge in [-0.1, -0.05) is 36.2 Å². The molecule has 1 aliphatic carbocycles. The normalized spacial score (nSPS) is 17.0. The largest absolute Gasteiger partial charge is 0.337 e. The topological polar surface area (TPSA) is 84.7 Å². The van der Waals surface area contributed by atoms with Gasteiger partial charge in [-0.05, 0) is 41.8 Å². The molecule has 2 amide bonds. The van der Waals surface area contributed by atoms with Crippen LogP contribution in [0.3, 0.4) is 0 Å². The Morgan fingerprint density at radius 3 is 2.75 bits per heavy atom. The highest BCUT2D eigenvalue weighted by Crippen LogP contribution is 2.45. The van der Waals surface area contributed by atoms with E-state index in [1.54, 1.807) is 11.7 Å². The van der Waals surface area contributed by atoms with Gasteiger partial charge < -0.3 is 10.6 Å². The van der Waals surface area contributed by atoms with Gasteiger partial charge in [-0.2, -0.15) is 0 Å². The summed E-state index contributed by atoms with van der Waals surface area (Å²) in [6, 6.07) is 7.36. The zero-order valence-corrected chi connectivity index (χ0v) is 14.5. The molecule has 1 atom stereocenters. The molecule has 0 unspecified atom stereocenters. The average Bonchev–Trinajstić information content (AvgIpc) is 2.94. The minimum Gasteiger partial charge on any atom is -0.337 e. The fourth-order valence-corrected chi connectivity index (χ4v) is 3.54. The number of aryl methyl sites for hydroxylation is 1. The molecule has 0 radical (unpaired) electrons. The molecule has 1 aromatic heterocycles. The number of hydrogen-bond donors (Lipinski definition) is 2. The standard InChI is InChI=1S/C16H21ClN6O/c1-11(14-20-21-22-23(14)2)19-15(24)18-10-16(8-5-9-16)12-6-3-4-7-13(12)17/h3-4,6-7,11H,5,8-10H2,1-2H3,(H2,18,19,24)/t11-/m1/s1. The Hall–Kier alpha value is -2.15. The maximum atomic E-state index is 12.2. The molecule has 1 fully saturated rings. The van der Waals surface area contributed by atoms with Crippen molar-refractivity contribution in [3.63, 3.8) is 0 Å². The lowest BCUT2D eigenvalue weighted by molar-refractivity contribution is 0.212. The van der Waals surface area contributed by atoms with E-state index in [0.717, 1.165) is 29.8 Å². The van der Waals surface area contributed by atoms with Crippen molar-refractivity contribution in [2.45, 2.75) is 37.6 Å². The molecule has 2 aromatic rings. The minimum absolute atomic E-state index is 0.0642. The van der Waals surface area contributed by atoms with Crippen LogP contribution >= 0.6 is 11.6 Å². The Balaban J connectivity index is 1.61. The second kappa shape index (κ2) is 6.76. The number of benzene rings is 1. The van der Waals surface area contributed by atoms with E-state index < -0.39 is 0 Å². The van der Waals surface area contributed by atoms with Crippen LogP contribution < -0.4 is 10.6 Å². The summed E-state index contributed by atoms with van der Waals surface area (Å²) in [4.78, 5) is 12.2. The van der Waals surface area contributed by atoms with Crippen LogP contribution in [0.4, 0.5) is 4.79 Å². The summed E-state index contributed by atoms with van der Waals surface area (Å²) in [5.74, 6) is 0.606. The van der Waals surface area contributed by atoms with Gasteiger partial charge in [0.25, 0.3) is 0 Å². The zero-order valence-electron chi connectivity index (χ0n) is 13.8. The van der Waals surface area contributed by atoms with Crippen LogP contribution in [0.25, 0.3) is 0 Å². The van der Waals surface area contributed by atoms with Gasteiger partial charge in [0.1, 0.15) is 0 Å². The summed E-state index contributed by atoms with van der Waals surface area (Å²) >= 11 is 6.35. The monoisotopic (exact) mass is 348 g/mol. The molecule has 1 saturated carbocycles. The molecule has 2 N–H and O–H groups in total. The van der Waals surface area contributed by atoms with Crippen molar-refractivity contribution in [2.75, 3.05) is 6.54 Å². The summed E-state index contributed by atoms with van der Waals surface area (Å²) in [7, 11) is 1.74. The first kappa shape index (κ1) is 16.7. The molecule has 24 heavy (non-hydrogen) atoms. The predicted molar refractivity (Wildman–Crippen MR) is 90.7 cm³/mol. The van der Waals surface area contributed by atoms with Gasteiger partial charge >= 0.3 is 6.03 Å². The minimum atomic E-state index is -0.275. The SMILES string of the molecule is C[C@@H](NC(=O)NCC1(c2ccccc2Cl)CCC1)c1nnnn1C. The van der Waals surface area contributed by atoms with Crippen LogP contribution in [0.1, 0.15) is 43.6 Å². The van der Waals surface area contributed by atoms with Crippen molar-refractivity contribution in [3.8, 4) is 0 Å². The summed E-state index contributed by atoms with van der Waals surface area (Å²) < 4.78 is 1.54. The van der Waals surface area contributed by atoms with Crippen molar-refractivity contribution in [1.82, 2.24) is 30.8 Å². The van der Waals surface area contributed by atoms with Crippen LogP contribution in [0.5, 0.6) is 0 Å². The van der Waals surface area contributed by atoms with E-state index in [1.165, 1.54) is 0 Å². The van der Waals surface area contributed by atoms with Crippen LogP contribution in [-0.4, -0.2) is 32.8 Å². The molecule has 1 aliphatic rings. The molecular formula is C16H21ClN6O. The van der Waals surface area contributed by atoms with E-state index in [1.807, 2.05) is 25.1 Å². The first-order valence-corrected chi connectivity index (χ1v) is 8.41. The summed E-state index contributed by atoms with van der Waals surface area (Å²) in [6.45, 7) is 2.41. The highest BCUT2D eigenvalue weighted by atomic mass is 35.5. The number of carbonyl (C=O) groups excluding carboxylic acids is 1. The number of carbonyl (C=O) groups is 1. The van der Waals surface area contributed by atoms with E-state index >= 15 is 0 Å². The molecule has 0 aliphatic heterocycles. The van der Waals surface area contributed by atoms with Crippen molar-refractivity contribution in [3.05, 3.63) is 40.7 Å². The van der Waals surface area contributed by atoms with Crippen LogP contribution in [-0.2, 0) is 12.5 Å². The van der Waals surface area contributed by atoms with E-state index in [0.29, 0.717) is 12.4 Å². The number of rotatable bonds is 5. The maximum Gasteiger partial charge on any atom is 0.315 e. The number of hydrogen-bond acceptors (Lipinski definition) is 4. The maximum absolute atomic E-state index is 12.2. The molecule has 0 bridgehead atoms. The van der Waals surface area contributed by atoms with Crippen molar-refractivity contribution in [1.29, 1.82) is 0 Å². The van der Waals surface area contributed by atoms with E-state index in [2.05, 4.69) is 32.2 Å². The Morgan fingerprint density at radius 1 is 1.42 bits per heavy atom. The van der Waals surface area contributed by atoms with Gasteiger partial charge in [-0.15, -0.1) is 5.10 Å². The summed E-state index contributed by atoms with van der Waals surface area (Å²) in [6.07, 6.45) is 3.20. The van der Waals surface area contributed by atoms with Gasteiger partial charge in [0.2, 0.25) is 0 Å². The highest BCUT2D eigenvalue weighted by Gasteiger charge is 2.40. The molecule has 8 heteroatoms. The van der Waals surface area contributed by atoms with Crippen molar-refractivity contribution >= 4 is 17.6 Å². The Morgan fingerprint density at radius 2 is 2.17 bits per heavy atom. The fourth-order valence-electron chi connectivity index (χ4n) is 3.20. The zero-order chi connectivity index (χ0) is 17.2. The molecule has 128 valence electrons. The van der Waals surface area contributed by atoms with Crippen molar-refractivity contribution < 1.29 is 4.79 Å². The Kier molecular flexibility index (Phi) is 4.71. The lowest BCUT2D eigenvalue weighted by Gasteiger charge is -2.43. The van der Waals surface area contributed by atoms with Crippen LogP contribution in [0.15, 0.2) is 24.3 Å². The molecule has 7 nitrogen and oxygen atoms in total.